The number of nitrogens with zero attached hydrogens (tertiary/aromatic N) is 2. The van der Waals surface area contributed by atoms with Gasteiger partial charge in [0.15, 0.2) is 5.01 Å². The number of thiazole rings is 1. The summed E-state index contributed by atoms with van der Waals surface area (Å²) in [5.41, 5.74) is 0.665. The molecule has 140 valence electrons. The monoisotopic (exact) mass is 405 g/mol. The van der Waals surface area contributed by atoms with Gasteiger partial charge in [-0.2, -0.15) is 13.2 Å². The Morgan fingerprint density at radius 3 is 2.73 bits per heavy atom. The Balaban J connectivity index is 1.80. The van der Waals surface area contributed by atoms with Gasteiger partial charge in [0.05, 0.1) is 22.2 Å². The van der Waals surface area contributed by atoms with Crippen molar-refractivity contribution in [3.63, 3.8) is 0 Å². The fraction of sp³-hybridized carbons (Fsp3) is 0.438. The normalized spacial score (nSPS) is 21.0. The van der Waals surface area contributed by atoms with E-state index in [-0.39, 0.29) is 24.5 Å². The van der Waals surface area contributed by atoms with Crippen LogP contribution in [0.15, 0.2) is 24.3 Å². The Bertz CT molecular complexity index is 793. The molecule has 1 aliphatic rings. The zero-order chi connectivity index (χ0) is 18.9. The lowest BCUT2D eigenvalue weighted by Crippen LogP contribution is -2.57. The largest absolute Gasteiger partial charge is 0.393 e. The molecule has 2 heterocycles. The van der Waals surface area contributed by atoms with Crippen molar-refractivity contribution in [1.29, 1.82) is 0 Å². The molecule has 3 rings (SSSR count). The number of benzene rings is 1. The van der Waals surface area contributed by atoms with E-state index < -0.39 is 35.8 Å². The third kappa shape index (κ3) is 3.93. The van der Waals surface area contributed by atoms with Crippen LogP contribution in [0.3, 0.4) is 0 Å². The molecule has 5 nitrogen and oxygen atoms in total. The van der Waals surface area contributed by atoms with E-state index in [2.05, 4.69) is 10.3 Å². The van der Waals surface area contributed by atoms with E-state index in [1.54, 1.807) is 12.1 Å². The molecule has 1 fully saturated rings. The first-order valence-corrected chi connectivity index (χ1v) is 9.21. The molecule has 0 bridgehead atoms. The van der Waals surface area contributed by atoms with Crippen LogP contribution in [0, 0.1) is 5.92 Å². The van der Waals surface area contributed by atoms with Gasteiger partial charge in [-0.25, -0.2) is 4.98 Å². The molecule has 0 spiro atoms. The van der Waals surface area contributed by atoms with Gasteiger partial charge in [-0.1, -0.05) is 12.1 Å². The summed E-state index contributed by atoms with van der Waals surface area (Å²) >= 11 is 6.58. The third-order valence-electron chi connectivity index (χ3n) is 4.27. The number of amides is 2. The maximum atomic E-state index is 13.2. The van der Waals surface area contributed by atoms with Crippen LogP contribution in [0.2, 0.25) is 0 Å². The number of likely N-dealkylation sites (tertiary alicyclic amines) is 1. The quantitative estimate of drug-likeness (QED) is 0.798. The molecule has 26 heavy (non-hydrogen) atoms. The molecule has 1 N–H and O–H groups in total. The number of fused-ring (bicyclic) bond motifs is 1. The number of nitrogens with one attached hydrogen (secondary N) is 1. The van der Waals surface area contributed by atoms with E-state index in [9.17, 15) is 22.8 Å². The van der Waals surface area contributed by atoms with Gasteiger partial charge >= 0.3 is 6.18 Å². The van der Waals surface area contributed by atoms with Gasteiger partial charge in [0, 0.05) is 13.1 Å². The summed E-state index contributed by atoms with van der Waals surface area (Å²) in [5.74, 6) is -3.28. The summed E-state index contributed by atoms with van der Waals surface area (Å²) in [4.78, 5) is 29.7. The summed E-state index contributed by atoms with van der Waals surface area (Å²) in [6.07, 6.45) is -4.75. The molecule has 0 aliphatic carbocycles. The average molecular weight is 406 g/mol. The molecule has 2 aromatic rings. The Labute approximate surface area is 156 Å². The second kappa shape index (κ2) is 7.40. The lowest BCUT2D eigenvalue weighted by molar-refractivity contribution is -0.191. The van der Waals surface area contributed by atoms with Crippen molar-refractivity contribution in [1.82, 2.24) is 15.2 Å². The van der Waals surface area contributed by atoms with E-state index >= 15 is 0 Å². The summed E-state index contributed by atoms with van der Waals surface area (Å²) in [5, 5.41) is 2.51. The Morgan fingerprint density at radius 1 is 1.35 bits per heavy atom. The van der Waals surface area contributed by atoms with Gasteiger partial charge in [-0.3, -0.25) is 9.59 Å². The van der Waals surface area contributed by atoms with E-state index in [0.29, 0.717) is 5.52 Å². The minimum Gasteiger partial charge on any atom is -0.350 e. The lowest BCUT2D eigenvalue weighted by atomic mass is 9.90. The van der Waals surface area contributed by atoms with Crippen molar-refractivity contribution in [2.45, 2.75) is 18.6 Å². The summed E-state index contributed by atoms with van der Waals surface area (Å²) in [7, 11) is 0. The first kappa shape index (κ1) is 18.9. The Morgan fingerprint density at radius 2 is 2.08 bits per heavy atom. The number of halogens is 4. The van der Waals surface area contributed by atoms with Crippen molar-refractivity contribution in [2.24, 2.45) is 5.92 Å². The molecule has 2 amide bonds. The molecule has 2 atom stereocenters. The molecule has 0 radical (unpaired) electrons. The predicted octanol–water partition coefficient (Wildman–Crippen LogP) is 3.04. The number of hydrogen-bond donors (Lipinski definition) is 1. The summed E-state index contributed by atoms with van der Waals surface area (Å²) in [6.45, 7) is -0.284. The maximum absolute atomic E-state index is 13.2. The van der Waals surface area contributed by atoms with E-state index in [0.717, 1.165) is 4.70 Å². The highest BCUT2D eigenvalue weighted by Crippen LogP contribution is 2.35. The lowest BCUT2D eigenvalue weighted by Gasteiger charge is -2.39. The zero-order valence-electron chi connectivity index (χ0n) is 13.4. The van der Waals surface area contributed by atoms with Gasteiger partial charge < -0.3 is 10.2 Å². The standard InChI is InChI=1S/C16H15ClF3N3O2S/c17-7-13(24)21-11-8-23(6-5-9(11)16(18,19)20)15(25)14-22-10-3-1-2-4-12(10)26-14/h1-4,9,11H,5-8H2,(H,21,24). The number of piperidine rings is 1. The van der Waals surface area contributed by atoms with E-state index in [4.69, 9.17) is 11.6 Å². The fourth-order valence-corrected chi connectivity index (χ4v) is 4.03. The first-order valence-electron chi connectivity index (χ1n) is 7.86. The summed E-state index contributed by atoms with van der Waals surface area (Å²) in [6, 6.07) is 5.98. The highest BCUT2D eigenvalue weighted by molar-refractivity contribution is 7.20. The minimum atomic E-state index is -4.46. The highest BCUT2D eigenvalue weighted by Gasteiger charge is 2.48. The molecule has 1 aliphatic heterocycles. The first-order chi connectivity index (χ1) is 12.3. The van der Waals surface area contributed by atoms with Crippen LogP contribution in [-0.4, -0.2) is 52.9 Å². The topological polar surface area (TPSA) is 62.3 Å². The minimum absolute atomic E-state index is 0.0494. The maximum Gasteiger partial charge on any atom is 0.393 e. The second-order valence-corrected chi connectivity index (χ2v) is 7.28. The SMILES string of the molecule is O=C(CCl)NC1CN(C(=O)c2nc3ccccc3s2)CCC1C(F)(F)F. The van der Waals surface area contributed by atoms with Crippen LogP contribution in [-0.2, 0) is 4.79 Å². The van der Waals surface area contributed by atoms with Crippen molar-refractivity contribution in [3.8, 4) is 0 Å². The number of hydrogen-bond acceptors (Lipinski definition) is 4. The number of para-hydroxylation sites is 1. The number of alkyl halides is 4. The molecule has 10 heteroatoms. The van der Waals surface area contributed by atoms with Gasteiger partial charge in [0.1, 0.15) is 5.88 Å². The van der Waals surface area contributed by atoms with Gasteiger partial charge in [-0.05, 0) is 18.6 Å². The number of carbonyl (C=O) groups excluding carboxylic acids is 2. The predicted molar refractivity (Wildman–Crippen MR) is 92.3 cm³/mol. The average Bonchev–Trinajstić information content (AvgIpc) is 3.04. The van der Waals surface area contributed by atoms with Crippen LogP contribution in [0.25, 0.3) is 10.2 Å². The van der Waals surface area contributed by atoms with Crippen LogP contribution in [0.1, 0.15) is 16.2 Å². The van der Waals surface area contributed by atoms with Crippen LogP contribution < -0.4 is 5.32 Å². The zero-order valence-corrected chi connectivity index (χ0v) is 15.0. The van der Waals surface area contributed by atoms with Gasteiger partial charge in [0.2, 0.25) is 5.91 Å². The van der Waals surface area contributed by atoms with Crippen molar-refractivity contribution >= 4 is 45.0 Å². The molecule has 0 saturated carbocycles. The molecular weight excluding hydrogens is 391 g/mol. The number of carbonyl (C=O) groups is 2. The Kier molecular flexibility index (Phi) is 5.38. The van der Waals surface area contributed by atoms with Crippen molar-refractivity contribution in [2.75, 3.05) is 19.0 Å². The van der Waals surface area contributed by atoms with Gasteiger partial charge in [-0.15, -0.1) is 22.9 Å². The Hall–Kier alpha value is -1.87. The molecule has 1 aromatic heterocycles. The third-order valence-corrected chi connectivity index (χ3v) is 5.53. The smallest absolute Gasteiger partial charge is 0.350 e. The van der Waals surface area contributed by atoms with E-state index in [1.165, 1.54) is 16.2 Å². The van der Waals surface area contributed by atoms with Gasteiger partial charge in [0.25, 0.3) is 5.91 Å². The van der Waals surface area contributed by atoms with Crippen molar-refractivity contribution < 1.29 is 22.8 Å². The molecule has 2 unspecified atom stereocenters. The van der Waals surface area contributed by atoms with E-state index in [1.807, 2.05) is 12.1 Å². The second-order valence-electron chi connectivity index (χ2n) is 5.98. The van der Waals surface area contributed by atoms with Crippen molar-refractivity contribution in [3.05, 3.63) is 29.3 Å². The fourth-order valence-electron chi connectivity index (χ4n) is 3.02. The van der Waals surface area contributed by atoms with Crippen LogP contribution in [0.4, 0.5) is 13.2 Å². The summed E-state index contributed by atoms with van der Waals surface area (Å²) < 4.78 is 40.5. The highest BCUT2D eigenvalue weighted by atomic mass is 35.5. The molecule has 1 aromatic carbocycles. The number of aromatic nitrogens is 1. The van der Waals surface area contributed by atoms with Crippen LogP contribution in [0.5, 0.6) is 0 Å². The molecule has 1 saturated heterocycles. The number of rotatable bonds is 3. The molecular formula is C16H15ClF3N3O2S. The van der Waals surface area contributed by atoms with Crippen LogP contribution >= 0.6 is 22.9 Å².